The molecule has 0 aliphatic carbocycles. The van der Waals surface area contributed by atoms with Crippen LogP contribution in [0.1, 0.15) is 44.2 Å². The van der Waals surface area contributed by atoms with Crippen LogP contribution in [-0.4, -0.2) is 18.0 Å². The van der Waals surface area contributed by atoms with Gasteiger partial charge in [-0.25, -0.2) is 0 Å². The molecule has 3 nitrogen and oxygen atoms in total. The Balaban J connectivity index is 2.49. The average molecular weight is 262 g/mol. The Morgan fingerprint density at radius 1 is 1.21 bits per heavy atom. The number of aryl methyl sites for hydroxylation is 2. The van der Waals surface area contributed by atoms with Crippen LogP contribution in [0.3, 0.4) is 0 Å². The van der Waals surface area contributed by atoms with Gasteiger partial charge < -0.3 is 11.1 Å². The van der Waals surface area contributed by atoms with Crippen LogP contribution in [0.4, 0.5) is 0 Å². The van der Waals surface area contributed by atoms with Crippen molar-refractivity contribution < 1.29 is 4.79 Å². The second-order valence-electron chi connectivity index (χ2n) is 5.23. The highest BCUT2D eigenvalue weighted by atomic mass is 16.1. The van der Waals surface area contributed by atoms with Gasteiger partial charge in [-0.1, -0.05) is 43.7 Å². The number of rotatable bonds is 7. The quantitative estimate of drug-likeness (QED) is 0.793. The van der Waals surface area contributed by atoms with Gasteiger partial charge in [0.05, 0.1) is 5.54 Å². The van der Waals surface area contributed by atoms with E-state index in [1.165, 1.54) is 11.1 Å². The number of amides is 1. The Labute approximate surface area is 116 Å². The molecule has 0 aliphatic heterocycles. The molecular weight excluding hydrogens is 236 g/mol. The molecule has 3 N–H and O–H groups in total. The summed E-state index contributed by atoms with van der Waals surface area (Å²) in [6.45, 7) is 6.69. The third kappa shape index (κ3) is 4.67. The topological polar surface area (TPSA) is 55.1 Å². The largest absolute Gasteiger partial charge is 0.349 e. The van der Waals surface area contributed by atoms with E-state index in [-0.39, 0.29) is 11.4 Å². The van der Waals surface area contributed by atoms with E-state index in [1.807, 2.05) is 0 Å². The Morgan fingerprint density at radius 2 is 1.79 bits per heavy atom. The standard InChI is InChI=1S/C16H26N2O/c1-4-16(5-2,12-17)18-15(19)11-10-14-8-6-13(3)7-9-14/h6-9H,4-5,10-12,17H2,1-3H3,(H,18,19). The lowest BCUT2D eigenvalue weighted by Gasteiger charge is -2.31. The van der Waals surface area contributed by atoms with Gasteiger partial charge in [0.25, 0.3) is 0 Å². The molecule has 0 radical (unpaired) electrons. The highest BCUT2D eigenvalue weighted by Gasteiger charge is 2.25. The summed E-state index contributed by atoms with van der Waals surface area (Å²) in [7, 11) is 0. The molecule has 0 fully saturated rings. The van der Waals surface area contributed by atoms with E-state index in [0.717, 1.165) is 19.3 Å². The molecule has 0 heterocycles. The summed E-state index contributed by atoms with van der Waals surface area (Å²) < 4.78 is 0. The molecule has 0 aromatic heterocycles. The van der Waals surface area contributed by atoms with Crippen LogP contribution in [0.5, 0.6) is 0 Å². The second kappa shape index (κ2) is 7.29. The summed E-state index contributed by atoms with van der Waals surface area (Å²) in [5.41, 5.74) is 8.00. The van der Waals surface area contributed by atoms with Crippen LogP contribution in [0.15, 0.2) is 24.3 Å². The van der Waals surface area contributed by atoms with Gasteiger partial charge in [-0.05, 0) is 31.7 Å². The van der Waals surface area contributed by atoms with Gasteiger partial charge in [-0.3, -0.25) is 4.79 Å². The Bertz CT molecular complexity index is 385. The van der Waals surface area contributed by atoms with Gasteiger partial charge in [0, 0.05) is 13.0 Å². The molecule has 0 spiro atoms. The average Bonchev–Trinajstić information content (AvgIpc) is 2.44. The van der Waals surface area contributed by atoms with Crippen LogP contribution in [0.2, 0.25) is 0 Å². The zero-order valence-corrected chi connectivity index (χ0v) is 12.3. The minimum atomic E-state index is -0.232. The summed E-state index contributed by atoms with van der Waals surface area (Å²) in [6.07, 6.45) is 3.04. The predicted molar refractivity (Wildman–Crippen MR) is 80.0 cm³/mol. The maximum Gasteiger partial charge on any atom is 0.220 e. The lowest BCUT2D eigenvalue weighted by molar-refractivity contribution is -0.123. The highest BCUT2D eigenvalue weighted by molar-refractivity contribution is 5.77. The van der Waals surface area contributed by atoms with Crippen LogP contribution >= 0.6 is 0 Å². The van der Waals surface area contributed by atoms with E-state index < -0.39 is 0 Å². The monoisotopic (exact) mass is 262 g/mol. The number of carbonyl (C=O) groups is 1. The summed E-state index contributed by atoms with van der Waals surface area (Å²) in [4.78, 5) is 12.0. The Hall–Kier alpha value is -1.35. The van der Waals surface area contributed by atoms with Crippen molar-refractivity contribution >= 4 is 5.91 Å². The zero-order chi connectivity index (χ0) is 14.3. The fourth-order valence-electron chi connectivity index (χ4n) is 2.14. The number of nitrogens with two attached hydrogens (primary N) is 1. The molecule has 0 unspecified atom stereocenters. The number of nitrogens with one attached hydrogen (secondary N) is 1. The lowest BCUT2D eigenvalue weighted by atomic mass is 9.92. The Kier molecular flexibility index (Phi) is 6.03. The maximum absolute atomic E-state index is 12.0. The van der Waals surface area contributed by atoms with Crippen molar-refractivity contribution in [3.05, 3.63) is 35.4 Å². The third-order valence-corrected chi connectivity index (χ3v) is 3.91. The first-order valence-electron chi connectivity index (χ1n) is 7.12. The first-order chi connectivity index (χ1) is 9.05. The summed E-state index contributed by atoms with van der Waals surface area (Å²) >= 11 is 0. The summed E-state index contributed by atoms with van der Waals surface area (Å²) in [6, 6.07) is 8.32. The number of carbonyl (C=O) groups excluding carboxylic acids is 1. The number of hydrogen-bond donors (Lipinski definition) is 2. The fourth-order valence-corrected chi connectivity index (χ4v) is 2.14. The van der Waals surface area contributed by atoms with Crippen molar-refractivity contribution in [2.75, 3.05) is 6.54 Å². The van der Waals surface area contributed by atoms with Crippen LogP contribution in [0, 0.1) is 6.92 Å². The number of benzene rings is 1. The van der Waals surface area contributed by atoms with Crippen LogP contribution in [0.25, 0.3) is 0 Å². The molecule has 19 heavy (non-hydrogen) atoms. The fraction of sp³-hybridized carbons (Fsp3) is 0.562. The van der Waals surface area contributed by atoms with Crippen molar-refractivity contribution in [2.24, 2.45) is 5.73 Å². The molecule has 0 atom stereocenters. The van der Waals surface area contributed by atoms with Gasteiger partial charge in [0.2, 0.25) is 5.91 Å². The first kappa shape index (κ1) is 15.7. The summed E-state index contributed by atoms with van der Waals surface area (Å²) in [5, 5.41) is 3.10. The van der Waals surface area contributed by atoms with Crippen molar-refractivity contribution in [1.82, 2.24) is 5.32 Å². The van der Waals surface area contributed by atoms with Gasteiger partial charge >= 0.3 is 0 Å². The van der Waals surface area contributed by atoms with E-state index in [9.17, 15) is 4.79 Å². The van der Waals surface area contributed by atoms with Crippen molar-refractivity contribution in [1.29, 1.82) is 0 Å². The predicted octanol–water partition coefficient (Wildman–Crippen LogP) is 2.56. The lowest BCUT2D eigenvalue weighted by Crippen LogP contribution is -2.52. The van der Waals surface area contributed by atoms with Gasteiger partial charge in [0.15, 0.2) is 0 Å². The molecule has 0 bridgehead atoms. The van der Waals surface area contributed by atoms with Gasteiger partial charge in [-0.2, -0.15) is 0 Å². The van der Waals surface area contributed by atoms with Crippen LogP contribution < -0.4 is 11.1 Å². The maximum atomic E-state index is 12.0. The minimum absolute atomic E-state index is 0.0923. The normalized spacial score (nSPS) is 11.4. The molecule has 0 saturated heterocycles. The van der Waals surface area contributed by atoms with E-state index in [0.29, 0.717) is 13.0 Å². The number of hydrogen-bond acceptors (Lipinski definition) is 2. The van der Waals surface area contributed by atoms with Crippen molar-refractivity contribution in [3.8, 4) is 0 Å². The van der Waals surface area contributed by atoms with E-state index in [4.69, 9.17) is 5.73 Å². The second-order valence-corrected chi connectivity index (χ2v) is 5.23. The Morgan fingerprint density at radius 3 is 2.26 bits per heavy atom. The molecule has 3 heteroatoms. The zero-order valence-electron chi connectivity index (χ0n) is 12.3. The van der Waals surface area contributed by atoms with E-state index in [2.05, 4.69) is 50.4 Å². The molecule has 106 valence electrons. The molecule has 0 aliphatic rings. The van der Waals surface area contributed by atoms with Crippen LogP contribution in [-0.2, 0) is 11.2 Å². The molecule has 1 amide bonds. The highest BCUT2D eigenvalue weighted by Crippen LogP contribution is 2.14. The molecular formula is C16H26N2O. The van der Waals surface area contributed by atoms with Gasteiger partial charge in [-0.15, -0.1) is 0 Å². The van der Waals surface area contributed by atoms with Crippen molar-refractivity contribution in [3.63, 3.8) is 0 Å². The molecule has 0 saturated carbocycles. The van der Waals surface area contributed by atoms with E-state index in [1.54, 1.807) is 0 Å². The SMILES string of the molecule is CCC(CC)(CN)NC(=O)CCc1ccc(C)cc1. The molecule has 1 rings (SSSR count). The van der Waals surface area contributed by atoms with E-state index >= 15 is 0 Å². The minimum Gasteiger partial charge on any atom is -0.349 e. The van der Waals surface area contributed by atoms with Gasteiger partial charge in [0.1, 0.15) is 0 Å². The first-order valence-corrected chi connectivity index (χ1v) is 7.12. The summed E-state index contributed by atoms with van der Waals surface area (Å²) in [5.74, 6) is 0.0923. The van der Waals surface area contributed by atoms with Crippen molar-refractivity contribution in [2.45, 2.75) is 52.0 Å². The molecule has 1 aromatic rings. The third-order valence-electron chi connectivity index (χ3n) is 3.91. The molecule has 1 aromatic carbocycles. The smallest absolute Gasteiger partial charge is 0.220 e.